The predicted octanol–water partition coefficient (Wildman–Crippen LogP) is 3.09. The fourth-order valence-corrected chi connectivity index (χ4v) is 3.04. The van der Waals surface area contributed by atoms with Crippen LogP contribution >= 0.6 is 11.6 Å². The third kappa shape index (κ3) is 5.29. The van der Waals surface area contributed by atoms with Crippen molar-refractivity contribution in [2.45, 2.75) is 18.7 Å². The van der Waals surface area contributed by atoms with Gasteiger partial charge in [0.15, 0.2) is 0 Å². The number of hydrogen-bond acceptors (Lipinski definition) is 4. The van der Waals surface area contributed by atoms with E-state index >= 15 is 0 Å². The molecule has 0 unspecified atom stereocenters. The third-order valence-electron chi connectivity index (χ3n) is 3.70. The first-order valence-corrected chi connectivity index (χ1v) is 9.95. The fraction of sp³-hybridized carbons (Fsp3) is 0.222. The molecule has 0 saturated carbocycles. The highest BCUT2D eigenvalue weighted by Crippen LogP contribution is 2.22. The van der Waals surface area contributed by atoms with E-state index in [0.29, 0.717) is 11.4 Å². The van der Waals surface area contributed by atoms with Gasteiger partial charge in [-0.3, -0.25) is 9.59 Å². The number of nitrogens with one attached hydrogen (secondary N) is 3. The van der Waals surface area contributed by atoms with Gasteiger partial charge in [0.1, 0.15) is 0 Å². The molecule has 0 aliphatic carbocycles. The van der Waals surface area contributed by atoms with Crippen LogP contribution in [0.1, 0.15) is 24.2 Å². The van der Waals surface area contributed by atoms with Gasteiger partial charge in [0, 0.05) is 17.3 Å². The largest absolute Gasteiger partial charge is 0.326 e. The Hall–Kier alpha value is -2.42. The van der Waals surface area contributed by atoms with Crippen LogP contribution in [0.3, 0.4) is 0 Å². The summed E-state index contributed by atoms with van der Waals surface area (Å²) in [7, 11) is -2.42. The van der Waals surface area contributed by atoms with Crippen LogP contribution in [0.5, 0.6) is 0 Å². The first-order valence-electron chi connectivity index (χ1n) is 8.09. The first-order chi connectivity index (χ1) is 12.6. The standard InChI is InChI=1S/C18H20ClN3O4S/c1-11(2)17(23)21-12-4-6-13(7-5-12)22-18(24)15-10-14(8-9-16(15)19)27(25,26)20-3/h4-11,20H,1-3H3,(H,21,23)(H,22,24). The number of sulfonamides is 1. The molecular formula is C18H20ClN3O4S. The van der Waals surface area contributed by atoms with Crippen molar-refractivity contribution in [2.24, 2.45) is 5.92 Å². The SMILES string of the molecule is CNS(=O)(=O)c1ccc(Cl)c(C(=O)Nc2ccc(NC(=O)C(C)C)cc2)c1. The lowest BCUT2D eigenvalue weighted by molar-refractivity contribution is -0.118. The molecule has 0 atom stereocenters. The van der Waals surface area contributed by atoms with Gasteiger partial charge in [-0.05, 0) is 49.5 Å². The topological polar surface area (TPSA) is 104 Å². The van der Waals surface area contributed by atoms with Crippen LogP contribution in [0.15, 0.2) is 47.4 Å². The first kappa shape index (κ1) is 20.9. The van der Waals surface area contributed by atoms with E-state index in [9.17, 15) is 18.0 Å². The van der Waals surface area contributed by atoms with E-state index in [1.165, 1.54) is 25.2 Å². The van der Waals surface area contributed by atoms with Crippen LogP contribution < -0.4 is 15.4 Å². The maximum atomic E-state index is 12.5. The van der Waals surface area contributed by atoms with Gasteiger partial charge >= 0.3 is 0 Å². The summed E-state index contributed by atoms with van der Waals surface area (Å²) >= 11 is 6.04. The van der Waals surface area contributed by atoms with Gasteiger partial charge in [0.25, 0.3) is 5.91 Å². The van der Waals surface area contributed by atoms with Gasteiger partial charge in [-0.2, -0.15) is 0 Å². The minimum Gasteiger partial charge on any atom is -0.326 e. The number of rotatable bonds is 6. The summed E-state index contributed by atoms with van der Waals surface area (Å²) in [6, 6.07) is 10.4. The summed E-state index contributed by atoms with van der Waals surface area (Å²) in [5, 5.41) is 5.52. The van der Waals surface area contributed by atoms with Crippen molar-refractivity contribution >= 4 is 44.8 Å². The maximum absolute atomic E-state index is 12.5. The number of anilines is 2. The van der Waals surface area contributed by atoms with Crippen molar-refractivity contribution in [1.82, 2.24) is 4.72 Å². The Kier molecular flexibility index (Phi) is 6.59. The Morgan fingerprint density at radius 3 is 2.04 bits per heavy atom. The molecule has 0 aliphatic rings. The molecule has 27 heavy (non-hydrogen) atoms. The van der Waals surface area contributed by atoms with Crippen molar-refractivity contribution in [3.63, 3.8) is 0 Å². The third-order valence-corrected chi connectivity index (χ3v) is 5.44. The minimum atomic E-state index is -3.70. The van der Waals surface area contributed by atoms with Crippen LogP contribution in [-0.2, 0) is 14.8 Å². The Morgan fingerprint density at radius 2 is 1.52 bits per heavy atom. The lowest BCUT2D eigenvalue weighted by Gasteiger charge is -2.11. The Balaban J connectivity index is 2.18. The molecule has 2 aromatic carbocycles. The zero-order valence-corrected chi connectivity index (χ0v) is 16.6. The van der Waals surface area contributed by atoms with E-state index in [2.05, 4.69) is 15.4 Å². The molecule has 0 heterocycles. The molecule has 0 fully saturated rings. The molecule has 9 heteroatoms. The number of halogens is 1. The van der Waals surface area contributed by atoms with Crippen LogP contribution in [0.4, 0.5) is 11.4 Å². The molecule has 0 spiro atoms. The molecular weight excluding hydrogens is 390 g/mol. The summed E-state index contributed by atoms with van der Waals surface area (Å²) in [5.41, 5.74) is 1.11. The fourth-order valence-electron chi connectivity index (χ4n) is 2.09. The molecule has 3 N–H and O–H groups in total. The molecule has 2 rings (SSSR count). The summed E-state index contributed by atoms with van der Waals surface area (Å²) in [6.07, 6.45) is 0. The van der Waals surface area contributed by atoms with Gasteiger partial charge in [0.05, 0.1) is 15.5 Å². The highest BCUT2D eigenvalue weighted by Gasteiger charge is 2.17. The molecule has 0 saturated heterocycles. The van der Waals surface area contributed by atoms with Crippen molar-refractivity contribution in [2.75, 3.05) is 17.7 Å². The summed E-state index contributed by atoms with van der Waals surface area (Å²) in [4.78, 5) is 24.1. The van der Waals surface area contributed by atoms with Crippen molar-refractivity contribution < 1.29 is 18.0 Å². The lowest BCUT2D eigenvalue weighted by atomic mass is 10.2. The number of hydrogen-bond donors (Lipinski definition) is 3. The zero-order valence-electron chi connectivity index (χ0n) is 15.0. The van der Waals surface area contributed by atoms with Crippen LogP contribution in [0.25, 0.3) is 0 Å². The van der Waals surface area contributed by atoms with Gasteiger partial charge in [-0.1, -0.05) is 25.4 Å². The van der Waals surface area contributed by atoms with E-state index in [1.807, 2.05) is 0 Å². The molecule has 7 nitrogen and oxygen atoms in total. The molecule has 2 aromatic rings. The molecule has 144 valence electrons. The number of carbonyl (C=O) groups excluding carboxylic acids is 2. The van der Waals surface area contributed by atoms with Crippen molar-refractivity contribution in [1.29, 1.82) is 0 Å². The molecule has 2 amide bonds. The lowest BCUT2D eigenvalue weighted by Crippen LogP contribution is -2.20. The molecule has 0 bridgehead atoms. The Bertz CT molecular complexity index is 957. The van der Waals surface area contributed by atoms with Gasteiger partial charge < -0.3 is 10.6 Å². The quantitative estimate of drug-likeness (QED) is 0.681. The van der Waals surface area contributed by atoms with E-state index in [4.69, 9.17) is 11.6 Å². The number of benzene rings is 2. The normalized spacial score (nSPS) is 11.3. The average molecular weight is 410 g/mol. The second kappa shape index (κ2) is 8.51. The molecule has 0 aromatic heterocycles. The maximum Gasteiger partial charge on any atom is 0.257 e. The second-order valence-corrected chi connectivity index (χ2v) is 8.32. The van der Waals surface area contributed by atoms with E-state index in [0.717, 1.165) is 0 Å². The molecule has 0 radical (unpaired) electrons. The highest BCUT2D eigenvalue weighted by molar-refractivity contribution is 7.89. The van der Waals surface area contributed by atoms with Gasteiger partial charge in [0.2, 0.25) is 15.9 Å². The summed E-state index contributed by atoms with van der Waals surface area (Å²) in [6.45, 7) is 3.58. The zero-order chi connectivity index (χ0) is 20.2. The van der Waals surface area contributed by atoms with Gasteiger partial charge in [-0.25, -0.2) is 13.1 Å². The number of carbonyl (C=O) groups is 2. The van der Waals surface area contributed by atoms with E-state index in [1.54, 1.807) is 38.1 Å². The smallest absolute Gasteiger partial charge is 0.257 e. The van der Waals surface area contributed by atoms with Crippen LogP contribution in [0, 0.1) is 5.92 Å². The van der Waals surface area contributed by atoms with Crippen LogP contribution in [-0.4, -0.2) is 27.3 Å². The average Bonchev–Trinajstić information content (AvgIpc) is 2.63. The van der Waals surface area contributed by atoms with E-state index in [-0.39, 0.29) is 27.3 Å². The summed E-state index contributed by atoms with van der Waals surface area (Å²) in [5.74, 6) is -0.805. The second-order valence-electron chi connectivity index (χ2n) is 6.02. The van der Waals surface area contributed by atoms with Gasteiger partial charge in [-0.15, -0.1) is 0 Å². The van der Waals surface area contributed by atoms with Crippen molar-refractivity contribution in [3.05, 3.63) is 53.1 Å². The summed E-state index contributed by atoms with van der Waals surface area (Å²) < 4.78 is 26.0. The Morgan fingerprint density at radius 1 is 0.963 bits per heavy atom. The predicted molar refractivity (Wildman–Crippen MR) is 106 cm³/mol. The van der Waals surface area contributed by atoms with Crippen molar-refractivity contribution in [3.8, 4) is 0 Å². The molecule has 0 aliphatic heterocycles. The minimum absolute atomic E-state index is 0.0326. The van der Waals surface area contributed by atoms with Crippen LogP contribution in [0.2, 0.25) is 5.02 Å². The monoisotopic (exact) mass is 409 g/mol. The Labute approximate surface area is 163 Å². The number of amides is 2. The van der Waals surface area contributed by atoms with E-state index < -0.39 is 15.9 Å². The highest BCUT2D eigenvalue weighted by atomic mass is 35.5.